The van der Waals surface area contributed by atoms with Gasteiger partial charge in [-0.25, -0.2) is 9.78 Å². The van der Waals surface area contributed by atoms with Gasteiger partial charge in [0, 0.05) is 6.07 Å². The number of anilines is 1. The lowest BCUT2D eigenvalue weighted by Gasteiger charge is -2.07. The van der Waals surface area contributed by atoms with E-state index >= 15 is 0 Å². The Morgan fingerprint density at radius 1 is 1.44 bits per heavy atom. The summed E-state index contributed by atoms with van der Waals surface area (Å²) in [6.45, 7) is -0.185. The third-order valence-corrected chi connectivity index (χ3v) is 3.50. The zero-order valence-corrected chi connectivity index (χ0v) is 14.6. The lowest BCUT2D eigenvalue weighted by Crippen LogP contribution is -2.12. The highest BCUT2D eigenvalue weighted by Gasteiger charge is 2.06. The van der Waals surface area contributed by atoms with Crippen molar-refractivity contribution in [2.75, 3.05) is 19.1 Å². The van der Waals surface area contributed by atoms with Gasteiger partial charge in [-0.2, -0.15) is 5.10 Å². The van der Waals surface area contributed by atoms with E-state index in [4.69, 9.17) is 4.74 Å². The summed E-state index contributed by atoms with van der Waals surface area (Å²) in [5.41, 5.74) is 3.33. The maximum absolute atomic E-state index is 11.1. The number of halogens is 1. The van der Waals surface area contributed by atoms with Gasteiger partial charge in [-0.1, -0.05) is 0 Å². The summed E-state index contributed by atoms with van der Waals surface area (Å²) in [5, 5.41) is 14.5. The summed E-state index contributed by atoms with van der Waals surface area (Å²) in [7, 11) is 1.28. The zero-order chi connectivity index (χ0) is 18.2. The third kappa shape index (κ3) is 5.53. The summed E-state index contributed by atoms with van der Waals surface area (Å²) in [5.74, 6) is 0.392. The van der Waals surface area contributed by atoms with Crippen molar-refractivity contribution in [2.24, 2.45) is 5.10 Å². The molecule has 0 saturated carbocycles. The van der Waals surface area contributed by atoms with E-state index in [1.165, 1.54) is 25.5 Å². The number of pyridine rings is 1. The first-order chi connectivity index (χ1) is 12.0. The molecule has 0 atom stereocenters. The van der Waals surface area contributed by atoms with Crippen LogP contribution in [0.3, 0.4) is 0 Å². The Morgan fingerprint density at radius 3 is 2.84 bits per heavy atom. The number of esters is 1. The summed E-state index contributed by atoms with van der Waals surface area (Å²) >= 11 is 3.34. The van der Waals surface area contributed by atoms with Gasteiger partial charge in [0.25, 0.3) is 5.69 Å². The second-order valence-corrected chi connectivity index (χ2v) is 5.44. The number of nitrogens with one attached hydrogen (secondary N) is 1. The standard InChI is InChI=1S/C15H13BrN4O5/c1-24-15(21)9-25-13-4-2-10(6-12(13)16)7-18-19-14-5-3-11(8-17-14)20(22)23/h2-8H,9H2,1H3,(H,17,19)/b18-7+. The first kappa shape index (κ1) is 18.3. The van der Waals surface area contributed by atoms with E-state index in [0.29, 0.717) is 16.0 Å². The highest BCUT2D eigenvalue weighted by atomic mass is 79.9. The molecule has 1 aromatic heterocycles. The van der Waals surface area contributed by atoms with Gasteiger partial charge in [0.15, 0.2) is 6.61 Å². The average Bonchev–Trinajstić information content (AvgIpc) is 2.61. The number of carbonyl (C=O) groups excluding carboxylic acids is 1. The minimum atomic E-state index is -0.526. The number of hydrogen-bond acceptors (Lipinski definition) is 8. The Kier molecular flexibility index (Phi) is 6.40. The minimum absolute atomic E-state index is 0.0963. The molecular formula is C15H13BrN4O5. The van der Waals surface area contributed by atoms with Crippen LogP contribution in [-0.4, -0.2) is 35.8 Å². The second kappa shape index (κ2) is 8.73. The van der Waals surface area contributed by atoms with Crippen molar-refractivity contribution in [1.29, 1.82) is 0 Å². The minimum Gasteiger partial charge on any atom is -0.481 e. The predicted molar refractivity (Wildman–Crippen MR) is 93.8 cm³/mol. The van der Waals surface area contributed by atoms with E-state index in [1.807, 2.05) is 0 Å². The van der Waals surface area contributed by atoms with Gasteiger partial charge >= 0.3 is 5.97 Å². The Balaban J connectivity index is 1.95. The Labute approximate surface area is 150 Å². The summed E-state index contributed by atoms with van der Waals surface area (Å²) in [6.07, 6.45) is 2.68. The molecule has 0 radical (unpaired) electrons. The smallest absolute Gasteiger partial charge is 0.343 e. The number of benzene rings is 1. The fraction of sp³-hybridized carbons (Fsp3) is 0.133. The van der Waals surface area contributed by atoms with Crippen LogP contribution in [0.5, 0.6) is 5.75 Å². The molecule has 1 aromatic carbocycles. The van der Waals surface area contributed by atoms with Crippen molar-refractivity contribution in [1.82, 2.24) is 4.98 Å². The summed E-state index contributed by atoms with van der Waals surface area (Å²) in [4.78, 5) is 25.0. The van der Waals surface area contributed by atoms with E-state index in [0.717, 1.165) is 11.8 Å². The largest absolute Gasteiger partial charge is 0.481 e. The lowest BCUT2D eigenvalue weighted by molar-refractivity contribution is -0.385. The van der Waals surface area contributed by atoms with E-state index in [2.05, 4.69) is 36.2 Å². The van der Waals surface area contributed by atoms with E-state index in [1.54, 1.807) is 18.2 Å². The van der Waals surface area contributed by atoms with Crippen LogP contribution in [0.25, 0.3) is 0 Å². The van der Waals surface area contributed by atoms with Crippen LogP contribution in [-0.2, 0) is 9.53 Å². The fourth-order valence-corrected chi connectivity index (χ4v) is 2.15. The van der Waals surface area contributed by atoms with Gasteiger partial charge in [-0.05, 0) is 45.8 Å². The molecule has 0 aliphatic rings. The molecule has 10 heteroatoms. The van der Waals surface area contributed by atoms with Crippen molar-refractivity contribution in [3.8, 4) is 5.75 Å². The van der Waals surface area contributed by atoms with Crippen molar-refractivity contribution >= 4 is 39.6 Å². The molecule has 1 N–H and O–H groups in total. The van der Waals surface area contributed by atoms with Gasteiger partial charge in [-0.15, -0.1) is 0 Å². The van der Waals surface area contributed by atoms with Gasteiger partial charge in [0.1, 0.15) is 17.8 Å². The molecule has 0 unspecified atom stereocenters. The predicted octanol–water partition coefficient (Wildman–Crippen LogP) is 2.75. The molecule has 0 aliphatic heterocycles. The molecule has 0 spiro atoms. The van der Waals surface area contributed by atoms with Crippen molar-refractivity contribution in [3.05, 3.63) is 56.7 Å². The molecule has 1 heterocycles. The Hall–Kier alpha value is -3.01. The number of ether oxygens (including phenoxy) is 2. The molecule has 2 aromatic rings. The van der Waals surface area contributed by atoms with E-state index in [-0.39, 0.29) is 12.3 Å². The number of nitrogens with zero attached hydrogens (tertiary/aromatic N) is 3. The maximum Gasteiger partial charge on any atom is 0.343 e. The number of carbonyl (C=O) groups is 1. The van der Waals surface area contributed by atoms with Crippen molar-refractivity contribution < 1.29 is 19.2 Å². The van der Waals surface area contributed by atoms with Crippen LogP contribution in [0.15, 0.2) is 46.1 Å². The van der Waals surface area contributed by atoms with Crippen LogP contribution >= 0.6 is 15.9 Å². The number of nitro groups is 1. The van der Waals surface area contributed by atoms with Crippen molar-refractivity contribution in [3.63, 3.8) is 0 Å². The van der Waals surface area contributed by atoms with Crippen LogP contribution in [0.2, 0.25) is 0 Å². The molecule has 0 fully saturated rings. The Bertz CT molecular complexity index is 795. The van der Waals surface area contributed by atoms with Crippen LogP contribution in [0.1, 0.15) is 5.56 Å². The first-order valence-electron chi connectivity index (χ1n) is 6.88. The quantitative estimate of drug-likeness (QED) is 0.324. The van der Waals surface area contributed by atoms with Gasteiger partial charge in [-0.3, -0.25) is 15.5 Å². The third-order valence-electron chi connectivity index (χ3n) is 2.88. The lowest BCUT2D eigenvalue weighted by atomic mass is 10.2. The highest BCUT2D eigenvalue weighted by molar-refractivity contribution is 9.10. The average molecular weight is 409 g/mol. The van der Waals surface area contributed by atoms with Crippen molar-refractivity contribution in [2.45, 2.75) is 0 Å². The van der Waals surface area contributed by atoms with Crippen LogP contribution in [0.4, 0.5) is 11.5 Å². The molecule has 0 bridgehead atoms. The monoisotopic (exact) mass is 408 g/mol. The van der Waals surface area contributed by atoms with Gasteiger partial charge in [0.2, 0.25) is 0 Å². The summed E-state index contributed by atoms with van der Waals surface area (Å²) in [6, 6.07) is 7.95. The summed E-state index contributed by atoms with van der Waals surface area (Å²) < 4.78 is 10.4. The number of hydrogen-bond donors (Lipinski definition) is 1. The molecule has 9 nitrogen and oxygen atoms in total. The fourth-order valence-electron chi connectivity index (χ4n) is 1.64. The molecule has 2 rings (SSSR count). The Morgan fingerprint density at radius 2 is 2.24 bits per heavy atom. The molecular weight excluding hydrogens is 396 g/mol. The number of methoxy groups -OCH3 is 1. The van der Waals surface area contributed by atoms with Crippen LogP contribution < -0.4 is 10.2 Å². The van der Waals surface area contributed by atoms with E-state index in [9.17, 15) is 14.9 Å². The molecule has 130 valence electrons. The second-order valence-electron chi connectivity index (χ2n) is 4.58. The normalized spacial score (nSPS) is 10.5. The van der Waals surface area contributed by atoms with Gasteiger partial charge < -0.3 is 9.47 Å². The molecule has 0 amide bonds. The van der Waals surface area contributed by atoms with Crippen LogP contribution in [0, 0.1) is 10.1 Å². The number of rotatable bonds is 7. The maximum atomic E-state index is 11.1. The zero-order valence-electron chi connectivity index (χ0n) is 13.0. The van der Waals surface area contributed by atoms with Gasteiger partial charge in [0.05, 0.1) is 22.7 Å². The SMILES string of the molecule is COC(=O)COc1ccc(/C=N/Nc2ccc([N+](=O)[O-])cn2)cc1Br. The molecule has 0 saturated heterocycles. The molecule has 0 aliphatic carbocycles. The molecule has 25 heavy (non-hydrogen) atoms. The first-order valence-corrected chi connectivity index (χ1v) is 7.67. The highest BCUT2D eigenvalue weighted by Crippen LogP contribution is 2.25. The topological polar surface area (TPSA) is 116 Å². The van der Waals surface area contributed by atoms with E-state index < -0.39 is 10.9 Å². The number of hydrazone groups is 1. The number of aromatic nitrogens is 1.